The van der Waals surface area contributed by atoms with Crippen LogP contribution in [0.25, 0.3) is 0 Å². The summed E-state index contributed by atoms with van der Waals surface area (Å²) in [4.78, 5) is 2.70. The number of hydrogen-bond acceptors (Lipinski definition) is 1. The van der Waals surface area contributed by atoms with Gasteiger partial charge >= 0.3 is 0 Å². The van der Waals surface area contributed by atoms with Crippen LogP contribution in [0, 0.1) is 17.8 Å². The van der Waals surface area contributed by atoms with E-state index >= 15 is 0 Å². The van der Waals surface area contributed by atoms with Gasteiger partial charge in [-0.25, -0.2) is 0 Å². The number of fused-ring (bicyclic) bond motifs is 3. The first-order valence-corrected chi connectivity index (χ1v) is 6.31. The van der Waals surface area contributed by atoms with E-state index in [-0.39, 0.29) is 0 Å². The van der Waals surface area contributed by atoms with Crippen LogP contribution >= 0.6 is 0 Å². The molecule has 0 amide bonds. The number of hydrogen-bond donors (Lipinski definition) is 0. The molecular weight excluding hydrogens is 170 g/mol. The van der Waals surface area contributed by atoms with Crippen molar-refractivity contribution in [3.8, 4) is 0 Å². The minimum Gasteiger partial charge on any atom is -0.303 e. The molecule has 3 aliphatic heterocycles. The maximum atomic E-state index is 2.70. The standard InChI is InChI=1S/C13H21N/c1-2-4-11(5-3-1)13-10-14-8-6-12(13)7-9-14/h1-2,11-13H,3-10H2/t11-,13?/m1/s1. The molecule has 1 unspecified atom stereocenters. The van der Waals surface area contributed by atoms with E-state index in [1.807, 2.05) is 0 Å². The molecule has 1 nitrogen and oxygen atoms in total. The van der Waals surface area contributed by atoms with Crippen LogP contribution in [-0.4, -0.2) is 24.5 Å². The number of nitrogens with zero attached hydrogens (tertiary/aromatic N) is 1. The molecule has 0 spiro atoms. The van der Waals surface area contributed by atoms with Crippen molar-refractivity contribution < 1.29 is 0 Å². The van der Waals surface area contributed by atoms with Crippen molar-refractivity contribution in [2.45, 2.75) is 32.1 Å². The molecule has 3 saturated heterocycles. The van der Waals surface area contributed by atoms with Crippen LogP contribution in [0.1, 0.15) is 32.1 Å². The zero-order chi connectivity index (χ0) is 9.38. The Bertz CT molecular complexity index is 225. The molecule has 0 aromatic rings. The average Bonchev–Trinajstić information content (AvgIpc) is 2.32. The van der Waals surface area contributed by atoms with Gasteiger partial charge in [0.25, 0.3) is 0 Å². The average molecular weight is 191 g/mol. The molecule has 2 atom stereocenters. The Morgan fingerprint density at radius 2 is 1.79 bits per heavy atom. The van der Waals surface area contributed by atoms with Gasteiger partial charge in [0.1, 0.15) is 0 Å². The molecule has 4 aliphatic rings. The third-order valence-corrected chi connectivity index (χ3v) is 4.62. The molecule has 0 radical (unpaired) electrons. The predicted molar refractivity (Wildman–Crippen MR) is 59.1 cm³/mol. The minimum absolute atomic E-state index is 1.02. The summed E-state index contributed by atoms with van der Waals surface area (Å²) in [7, 11) is 0. The van der Waals surface area contributed by atoms with Gasteiger partial charge in [-0.3, -0.25) is 0 Å². The molecule has 1 aliphatic carbocycles. The minimum atomic E-state index is 1.02. The van der Waals surface area contributed by atoms with E-state index in [2.05, 4.69) is 17.1 Å². The van der Waals surface area contributed by atoms with Crippen LogP contribution in [0.2, 0.25) is 0 Å². The lowest BCUT2D eigenvalue weighted by Gasteiger charge is -2.48. The molecule has 14 heavy (non-hydrogen) atoms. The van der Waals surface area contributed by atoms with E-state index in [9.17, 15) is 0 Å². The highest BCUT2D eigenvalue weighted by molar-refractivity contribution is 4.97. The normalized spacial score (nSPS) is 46.9. The zero-order valence-corrected chi connectivity index (χ0v) is 8.99. The second-order valence-electron chi connectivity index (χ2n) is 5.35. The van der Waals surface area contributed by atoms with Crippen LogP contribution in [0.3, 0.4) is 0 Å². The van der Waals surface area contributed by atoms with Gasteiger partial charge in [-0.15, -0.1) is 0 Å². The van der Waals surface area contributed by atoms with Crippen LogP contribution < -0.4 is 0 Å². The lowest BCUT2D eigenvalue weighted by Crippen LogP contribution is -2.49. The van der Waals surface area contributed by atoms with E-state index in [0.29, 0.717) is 0 Å². The molecule has 3 heterocycles. The molecule has 78 valence electrons. The second kappa shape index (κ2) is 3.69. The van der Waals surface area contributed by atoms with Crippen molar-refractivity contribution in [1.82, 2.24) is 4.90 Å². The molecule has 0 aromatic heterocycles. The van der Waals surface area contributed by atoms with Gasteiger partial charge in [0, 0.05) is 6.54 Å². The zero-order valence-electron chi connectivity index (χ0n) is 8.99. The molecular formula is C13H21N. The Kier molecular flexibility index (Phi) is 2.36. The van der Waals surface area contributed by atoms with Crippen molar-refractivity contribution in [2.75, 3.05) is 19.6 Å². The maximum absolute atomic E-state index is 2.70. The topological polar surface area (TPSA) is 3.24 Å². The highest BCUT2D eigenvalue weighted by atomic mass is 15.1. The number of rotatable bonds is 1. The van der Waals surface area contributed by atoms with Gasteiger partial charge in [-0.2, -0.15) is 0 Å². The smallest absolute Gasteiger partial charge is 0.00151 e. The van der Waals surface area contributed by atoms with E-state index < -0.39 is 0 Å². The van der Waals surface area contributed by atoms with Gasteiger partial charge in [0.2, 0.25) is 0 Å². The lowest BCUT2D eigenvalue weighted by molar-refractivity contribution is 0.0169. The molecule has 0 aromatic carbocycles. The monoisotopic (exact) mass is 191 g/mol. The summed E-state index contributed by atoms with van der Waals surface area (Å²) < 4.78 is 0. The van der Waals surface area contributed by atoms with Crippen LogP contribution in [0.15, 0.2) is 12.2 Å². The summed E-state index contributed by atoms with van der Waals surface area (Å²) >= 11 is 0. The van der Waals surface area contributed by atoms with Crippen molar-refractivity contribution >= 4 is 0 Å². The van der Waals surface area contributed by atoms with Crippen LogP contribution in [-0.2, 0) is 0 Å². The molecule has 3 fully saturated rings. The first-order valence-electron chi connectivity index (χ1n) is 6.31. The molecule has 0 saturated carbocycles. The van der Waals surface area contributed by atoms with Gasteiger partial charge < -0.3 is 4.90 Å². The predicted octanol–water partition coefficient (Wildman–Crippen LogP) is 2.68. The molecule has 1 heteroatoms. The quantitative estimate of drug-likeness (QED) is 0.576. The van der Waals surface area contributed by atoms with E-state index in [1.54, 1.807) is 0 Å². The first kappa shape index (κ1) is 8.96. The van der Waals surface area contributed by atoms with Gasteiger partial charge in [-0.05, 0) is 62.9 Å². The Labute approximate surface area is 87.2 Å². The van der Waals surface area contributed by atoms with Gasteiger partial charge in [0.05, 0.1) is 0 Å². The van der Waals surface area contributed by atoms with Crippen LogP contribution in [0.5, 0.6) is 0 Å². The SMILES string of the molecule is C1=CC[C@@H](C2CN3CCC2CC3)CC1. The van der Waals surface area contributed by atoms with Crippen molar-refractivity contribution in [3.63, 3.8) is 0 Å². The van der Waals surface area contributed by atoms with Crippen molar-refractivity contribution in [2.24, 2.45) is 17.8 Å². The Balaban J connectivity index is 1.69. The lowest BCUT2D eigenvalue weighted by atomic mass is 9.69. The summed E-state index contributed by atoms with van der Waals surface area (Å²) in [6.45, 7) is 4.20. The summed E-state index contributed by atoms with van der Waals surface area (Å²) in [6, 6.07) is 0. The highest BCUT2D eigenvalue weighted by Crippen LogP contribution is 2.40. The van der Waals surface area contributed by atoms with E-state index in [1.165, 1.54) is 51.7 Å². The highest BCUT2D eigenvalue weighted by Gasteiger charge is 2.37. The Hall–Kier alpha value is -0.300. The summed E-state index contributed by atoms with van der Waals surface area (Å²) in [5, 5.41) is 0. The number of piperidine rings is 3. The van der Waals surface area contributed by atoms with Crippen molar-refractivity contribution in [1.29, 1.82) is 0 Å². The van der Waals surface area contributed by atoms with E-state index in [0.717, 1.165) is 17.8 Å². The van der Waals surface area contributed by atoms with Crippen molar-refractivity contribution in [3.05, 3.63) is 12.2 Å². The fourth-order valence-electron chi connectivity index (χ4n) is 3.75. The third-order valence-electron chi connectivity index (χ3n) is 4.62. The van der Waals surface area contributed by atoms with Crippen LogP contribution in [0.4, 0.5) is 0 Å². The van der Waals surface area contributed by atoms with Gasteiger partial charge in [-0.1, -0.05) is 12.2 Å². The molecule has 0 N–H and O–H groups in total. The summed E-state index contributed by atoms with van der Waals surface area (Å²) in [5.41, 5.74) is 0. The summed E-state index contributed by atoms with van der Waals surface area (Å²) in [5.74, 6) is 3.15. The number of allylic oxidation sites excluding steroid dienone is 2. The largest absolute Gasteiger partial charge is 0.303 e. The van der Waals surface area contributed by atoms with E-state index in [4.69, 9.17) is 0 Å². The van der Waals surface area contributed by atoms with Gasteiger partial charge in [0.15, 0.2) is 0 Å². The first-order chi connectivity index (χ1) is 6.93. The Morgan fingerprint density at radius 1 is 0.929 bits per heavy atom. The molecule has 4 rings (SSSR count). The fraction of sp³-hybridized carbons (Fsp3) is 0.846. The Morgan fingerprint density at radius 3 is 2.36 bits per heavy atom. The second-order valence-corrected chi connectivity index (χ2v) is 5.35. The third kappa shape index (κ3) is 1.52. The molecule has 2 bridgehead atoms. The summed E-state index contributed by atoms with van der Waals surface area (Å²) in [6.07, 6.45) is 12.0. The fourth-order valence-corrected chi connectivity index (χ4v) is 3.75. The maximum Gasteiger partial charge on any atom is 0.00151 e.